The Labute approximate surface area is 211 Å². The molecule has 1 unspecified atom stereocenters. The molecule has 35 heavy (non-hydrogen) atoms. The van der Waals surface area contributed by atoms with E-state index < -0.39 is 23.8 Å². The van der Waals surface area contributed by atoms with E-state index in [9.17, 15) is 23.1 Å². The molecule has 0 fully saturated rings. The van der Waals surface area contributed by atoms with Crippen LogP contribution in [-0.4, -0.2) is 27.9 Å². The lowest BCUT2D eigenvalue weighted by Crippen LogP contribution is -2.32. The molecule has 0 aliphatic carbocycles. The van der Waals surface area contributed by atoms with Gasteiger partial charge in [-0.25, -0.2) is 9.78 Å². The average molecular weight is 511 g/mol. The molecule has 0 radical (unpaired) electrons. The van der Waals surface area contributed by atoms with Crippen LogP contribution >= 0.6 is 11.8 Å². The molecule has 1 heterocycles. The van der Waals surface area contributed by atoms with Crippen molar-refractivity contribution in [1.29, 1.82) is 0 Å². The number of nitrogens with one attached hydrogen (secondary N) is 1. The minimum absolute atomic E-state index is 0.0912. The number of alkyl halides is 3. The zero-order valence-electron chi connectivity index (χ0n) is 21.2. The lowest BCUT2D eigenvalue weighted by atomic mass is 10.0. The Balaban J connectivity index is 2.75. The fraction of sp³-hybridized carbons (Fsp3) is 0.481. The van der Waals surface area contributed by atoms with Gasteiger partial charge in [0.05, 0.1) is 5.56 Å². The number of pyridine rings is 1. The lowest BCUT2D eigenvalue weighted by Gasteiger charge is -2.15. The zero-order chi connectivity index (χ0) is 26.4. The second-order valence-electron chi connectivity index (χ2n) is 8.97. The van der Waals surface area contributed by atoms with Crippen molar-refractivity contribution in [1.82, 2.24) is 4.98 Å². The van der Waals surface area contributed by atoms with Crippen LogP contribution in [0, 0.1) is 0 Å². The van der Waals surface area contributed by atoms with Gasteiger partial charge in [-0.2, -0.15) is 13.2 Å². The number of carboxylic acids is 1. The average Bonchev–Trinajstić information content (AvgIpc) is 2.75. The zero-order valence-corrected chi connectivity index (χ0v) is 22.0. The van der Waals surface area contributed by atoms with E-state index in [2.05, 4.69) is 49.3 Å². The fourth-order valence-electron chi connectivity index (χ4n) is 3.00. The first kappa shape index (κ1) is 30.6. The summed E-state index contributed by atoms with van der Waals surface area (Å²) >= 11 is 1.38. The molecule has 1 aromatic rings. The quantitative estimate of drug-likeness (QED) is 0.246. The molecule has 8 heteroatoms. The number of aromatic nitrogens is 1. The monoisotopic (exact) mass is 510 g/mol. The van der Waals surface area contributed by atoms with Gasteiger partial charge < -0.3 is 10.4 Å². The SMILES string of the molecule is CC(C)=CCCC(C)=CCCC(=CSCC(Nc1ccc(C(F)(F)F)cn1)C(=O)O)CC=C(C)C. The van der Waals surface area contributed by atoms with Crippen LogP contribution in [0.2, 0.25) is 0 Å². The standard InChI is InChI=1S/C27H37F3N2O2S/c1-19(2)8-6-9-21(5)10-7-11-22(13-12-20(3)4)17-35-18-24(26(33)34)32-25-15-14-23(16-31-25)27(28,29)30/h8,10,12,14-17,24H,6-7,9,11,13,18H2,1-5H3,(H,31,32)(H,33,34). The molecular weight excluding hydrogens is 473 g/mol. The van der Waals surface area contributed by atoms with Gasteiger partial charge in [0.25, 0.3) is 0 Å². The maximum atomic E-state index is 12.7. The first-order valence-electron chi connectivity index (χ1n) is 11.6. The highest BCUT2D eigenvalue weighted by Gasteiger charge is 2.30. The molecule has 1 atom stereocenters. The fourth-order valence-corrected chi connectivity index (χ4v) is 3.97. The smallest absolute Gasteiger partial charge is 0.417 e. The Kier molecular flexibility index (Phi) is 13.5. The molecule has 1 rings (SSSR count). The van der Waals surface area contributed by atoms with Crippen LogP contribution in [0.1, 0.15) is 72.3 Å². The van der Waals surface area contributed by atoms with Crippen LogP contribution in [0.15, 0.2) is 64.3 Å². The number of halogens is 3. The second kappa shape index (κ2) is 15.5. The molecule has 0 saturated carbocycles. The Bertz CT molecular complexity index is 925. The van der Waals surface area contributed by atoms with Crippen molar-refractivity contribution in [2.24, 2.45) is 0 Å². The van der Waals surface area contributed by atoms with Crippen molar-refractivity contribution in [3.8, 4) is 0 Å². The number of carboxylic acid groups (broad SMARTS) is 1. The van der Waals surface area contributed by atoms with Gasteiger partial charge in [-0.3, -0.25) is 0 Å². The molecule has 0 aromatic carbocycles. The molecule has 0 aliphatic rings. The first-order valence-corrected chi connectivity index (χ1v) is 12.7. The molecule has 0 spiro atoms. The Hall–Kier alpha value is -2.48. The van der Waals surface area contributed by atoms with Crippen molar-refractivity contribution < 1.29 is 23.1 Å². The summed E-state index contributed by atoms with van der Waals surface area (Å²) < 4.78 is 38.1. The summed E-state index contributed by atoms with van der Waals surface area (Å²) in [5.74, 6) is -0.782. The van der Waals surface area contributed by atoms with Crippen molar-refractivity contribution in [3.05, 3.63) is 69.8 Å². The van der Waals surface area contributed by atoms with Crippen LogP contribution in [0.4, 0.5) is 19.0 Å². The van der Waals surface area contributed by atoms with Crippen LogP contribution in [0.25, 0.3) is 0 Å². The molecule has 0 saturated heterocycles. The van der Waals surface area contributed by atoms with Gasteiger partial charge in [0.15, 0.2) is 0 Å². The number of hydrogen-bond donors (Lipinski definition) is 2. The summed E-state index contributed by atoms with van der Waals surface area (Å²) in [5.41, 5.74) is 4.23. The molecule has 1 aromatic heterocycles. The van der Waals surface area contributed by atoms with Crippen LogP contribution in [0.3, 0.4) is 0 Å². The molecular formula is C27H37F3N2O2S. The number of aliphatic carboxylic acids is 1. The summed E-state index contributed by atoms with van der Waals surface area (Å²) in [7, 11) is 0. The lowest BCUT2D eigenvalue weighted by molar-refractivity contribution is -0.138. The van der Waals surface area contributed by atoms with Crippen LogP contribution in [0.5, 0.6) is 0 Å². The first-order chi connectivity index (χ1) is 16.4. The highest BCUT2D eigenvalue weighted by molar-refractivity contribution is 8.02. The van der Waals surface area contributed by atoms with Crippen LogP contribution in [-0.2, 0) is 11.0 Å². The van der Waals surface area contributed by atoms with E-state index in [-0.39, 0.29) is 11.6 Å². The van der Waals surface area contributed by atoms with E-state index in [1.165, 1.54) is 34.1 Å². The van der Waals surface area contributed by atoms with Crippen molar-refractivity contribution in [2.45, 2.75) is 78.9 Å². The summed E-state index contributed by atoms with van der Waals surface area (Å²) in [6, 6.07) is 1.04. The number of rotatable bonds is 14. The summed E-state index contributed by atoms with van der Waals surface area (Å²) in [6.07, 6.45) is 7.53. The minimum Gasteiger partial charge on any atom is -0.480 e. The number of hydrogen-bond acceptors (Lipinski definition) is 4. The van der Waals surface area contributed by atoms with E-state index in [0.717, 1.165) is 44.2 Å². The maximum Gasteiger partial charge on any atom is 0.417 e. The molecule has 0 amide bonds. The highest BCUT2D eigenvalue weighted by atomic mass is 32.2. The van der Waals surface area contributed by atoms with E-state index in [0.29, 0.717) is 6.20 Å². The second-order valence-corrected chi connectivity index (χ2v) is 9.87. The topological polar surface area (TPSA) is 62.2 Å². The molecule has 0 aliphatic heterocycles. The van der Waals surface area contributed by atoms with Gasteiger partial charge in [0.2, 0.25) is 0 Å². The molecule has 2 N–H and O–H groups in total. The van der Waals surface area contributed by atoms with Gasteiger partial charge in [-0.05, 0) is 84.3 Å². The summed E-state index contributed by atoms with van der Waals surface area (Å²) in [6.45, 7) is 10.4. The normalized spacial score (nSPS) is 13.3. The van der Waals surface area contributed by atoms with Gasteiger partial charge in [-0.1, -0.05) is 40.5 Å². The maximum absolute atomic E-state index is 12.7. The van der Waals surface area contributed by atoms with E-state index in [4.69, 9.17) is 0 Å². The van der Waals surface area contributed by atoms with Gasteiger partial charge in [0.1, 0.15) is 11.9 Å². The third-order valence-corrected chi connectivity index (χ3v) is 6.07. The van der Waals surface area contributed by atoms with E-state index in [1.54, 1.807) is 0 Å². The highest BCUT2D eigenvalue weighted by Crippen LogP contribution is 2.29. The summed E-state index contributed by atoms with van der Waals surface area (Å²) in [5, 5.41) is 14.3. The van der Waals surface area contributed by atoms with Gasteiger partial charge in [-0.15, -0.1) is 11.8 Å². The number of nitrogens with zero attached hydrogens (tertiary/aromatic N) is 1. The van der Waals surface area contributed by atoms with Crippen molar-refractivity contribution in [3.63, 3.8) is 0 Å². The number of thioether (sulfide) groups is 1. The Morgan fingerprint density at radius 3 is 2.26 bits per heavy atom. The number of anilines is 1. The molecule has 4 nitrogen and oxygen atoms in total. The largest absolute Gasteiger partial charge is 0.480 e. The molecule has 194 valence electrons. The third kappa shape index (κ3) is 13.9. The van der Waals surface area contributed by atoms with E-state index >= 15 is 0 Å². The third-order valence-electron chi connectivity index (χ3n) is 5.05. The Morgan fingerprint density at radius 1 is 1.06 bits per heavy atom. The van der Waals surface area contributed by atoms with Gasteiger partial charge in [0, 0.05) is 11.9 Å². The van der Waals surface area contributed by atoms with E-state index in [1.807, 2.05) is 19.3 Å². The van der Waals surface area contributed by atoms with Crippen molar-refractivity contribution in [2.75, 3.05) is 11.1 Å². The number of carbonyl (C=O) groups is 1. The Morgan fingerprint density at radius 2 is 1.71 bits per heavy atom. The predicted molar refractivity (Wildman–Crippen MR) is 141 cm³/mol. The predicted octanol–water partition coefficient (Wildman–Crippen LogP) is 8.41. The van der Waals surface area contributed by atoms with Crippen LogP contribution < -0.4 is 5.32 Å². The molecule has 0 bridgehead atoms. The minimum atomic E-state index is -4.49. The van der Waals surface area contributed by atoms with Gasteiger partial charge >= 0.3 is 12.1 Å². The number of allylic oxidation sites excluding steroid dienone is 7. The summed E-state index contributed by atoms with van der Waals surface area (Å²) in [4.78, 5) is 15.4. The van der Waals surface area contributed by atoms with Crippen molar-refractivity contribution >= 4 is 23.5 Å².